The van der Waals surface area contributed by atoms with Gasteiger partial charge in [-0.1, -0.05) is 0 Å². The first-order valence-electron chi connectivity index (χ1n) is 4.26. The van der Waals surface area contributed by atoms with E-state index in [4.69, 9.17) is 10.2 Å². The Hall–Kier alpha value is 1.26. The SMILES string of the molecule is II.OCCNCC(O)CNCCO. The first kappa shape index (κ1) is 17.6. The van der Waals surface area contributed by atoms with Crippen molar-refractivity contribution in [3.8, 4) is 0 Å². The van der Waals surface area contributed by atoms with E-state index in [1.165, 1.54) is 0 Å². The average Bonchev–Trinajstić information content (AvgIpc) is 2.22. The topological polar surface area (TPSA) is 84.8 Å². The molecule has 0 saturated carbocycles. The molecule has 0 spiro atoms. The van der Waals surface area contributed by atoms with Crippen LogP contribution in [0.25, 0.3) is 0 Å². The third kappa shape index (κ3) is 15.7. The van der Waals surface area contributed by atoms with Gasteiger partial charge in [-0.25, -0.2) is 0 Å². The highest BCUT2D eigenvalue weighted by atomic mass is 128. The number of aliphatic hydroxyl groups excluding tert-OH is 3. The van der Waals surface area contributed by atoms with Crippen molar-refractivity contribution in [1.29, 1.82) is 0 Å². The van der Waals surface area contributed by atoms with Crippen molar-refractivity contribution in [2.24, 2.45) is 0 Å². The highest BCUT2D eigenvalue weighted by molar-refractivity contribution is 15.0. The normalized spacial score (nSPS) is 9.86. The first-order valence-corrected chi connectivity index (χ1v) is 10.5. The van der Waals surface area contributed by atoms with E-state index in [-0.39, 0.29) is 13.2 Å². The average molecular weight is 432 g/mol. The molecule has 0 aliphatic heterocycles. The van der Waals surface area contributed by atoms with Gasteiger partial charge in [-0.05, 0) is 0 Å². The van der Waals surface area contributed by atoms with Crippen molar-refractivity contribution < 1.29 is 15.3 Å². The molecule has 0 radical (unpaired) electrons. The van der Waals surface area contributed by atoms with E-state index >= 15 is 0 Å². The molecule has 0 amide bonds. The second-order valence-electron chi connectivity index (χ2n) is 2.51. The van der Waals surface area contributed by atoms with Crippen molar-refractivity contribution in [2.45, 2.75) is 6.10 Å². The molecule has 0 atom stereocenters. The molecule has 0 aromatic heterocycles. The van der Waals surface area contributed by atoms with Crippen LogP contribution in [0.4, 0.5) is 0 Å². The Morgan fingerprint density at radius 1 is 0.929 bits per heavy atom. The van der Waals surface area contributed by atoms with Crippen molar-refractivity contribution >= 4 is 37.2 Å². The van der Waals surface area contributed by atoms with Crippen LogP contribution < -0.4 is 10.6 Å². The minimum Gasteiger partial charge on any atom is -0.395 e. The molecule has 7 heteroatoms. The van der Waals surface area contributed by atoms with Gasteiger partial charge in [0.25, 0.3) is 0 Å². The van der Waals surface area contributed by atoms with Gasteiger partial charge in [0.05, 0.1) is 19.3 Å². The van der Waals surface area contributed by atoms with E-state index in [2.05, 4.69) is 47.9 Å². The third-order valence-electron chi connectivity index (χ3n) is 1.34. The van der Waals surface area contributed by atoms with E-state index in [1.54, 1.807) is 0 Å². The van der Waals surface area contributed by atoms with E-state index in [9.17, 15) is 5.11 Å². The van der Waals surface area contributed by atoms with Crippen LogP contribution >= 0.6 is 37.2 Å². The predicted octanol–water partition coefficient (Wildman–Crippen LogP) is -0.718. The molecule has 0 fully saturated rings. The zero-order valence-corrected chi connectivity index (χ0v) is 12.2. The van der Waals surface area contributed by atoms with Crippen molar-refractivity contribution in [3.63, 3.8) is 0 Å². The van der Waals surface area contributed by atoms with Gasteiger partial charge in [-0.3, -0.25) is 0 Å². The van der Waals surface area contributed by atoms with Gasteiger partial charge in [0.15, 0.2) is 0 Å². The fourth-order valence-electron chi connectivity index (χ4n) is 0.768. The highest BCUT2D eigenvalue weighted by Gasteiger charge is 2.00. The minimum atomic E-state index is -0.469. The van der Waals surface area contributed by atoms with Gasteiger partial charge in [-0.15, -0.1) is 0 Å². The van der Waals surface area contributed by atoms with Gasteiger partial charge in [-0.2, -0.15) is 0 Å². The summed E-state index contributed by atoms with van der Waals surface area (Å²) in [5.41, 5.74) is 0. The lowest BCUT2D eigenvalue weighted by atomic mass is 10.3. The smallest absolute Gasteiger partial charge is 0.0788 e. The molecule has 0 unspecified atom stereocenters. The highest BCUT2D eigenvalue weighted by Crippen LogP contribution is 1.89. The Balaban J connectivity index is 0. The second kappa shape index (κ2) is 16.7. The summed E-state index contributed by atoms with van der Waals surface area (Å²) in [5, 5.41) is 31.7. The largest absolute Gasteiger partial charge is 0.395 e. The molecule has 0 aromatic rings. The molecule has 14 heavy (non-hydrogen) atoms. The number of halogens is 2. The predicted molar refractivity (Wildman–Crippen MR) is 74.0 cm³/mol. The monoisotopic (exact) mass is 432 g/mol. The van der Waals surface area contributed by atoms with Gasteiger partial charge in [0.2, 0.25) is 0 Å². The van der Waals surface area contributed by atoms with Crippen LogP contribution in [0.1, 0.15) is 0 Å². The van der Waals surface area contributed by atoms with Gasteiger partial charge < -0.3 is 26.0 Å². The van der Waals surface area contributed by atoms with E-state index < -0.39 is 6.10 Å². The summed E-state index contributed by atoms with van der Waals surface area (Å²) in [6.07, 6.45) is -0.469. The van der Waals surface area contributed by atoms with Crippen molar-refractivity contribution in [3.05, 3.63) is 0 Å². The minimum absolute atomic E-state index is 0.0801. The molecule has 0 aromatic carbocycles. The molecule has 0 bridgehead atoms. The van der Waals surface area contributed by atoms with Crippen LogP contribution in [0.3, 0.4) is 0 Å². The third-order valence-corrected chi connectivity index (χ3v) is 1.34. The number of hydrogen-bond donors (Lipinski definition) is 5. The van der Waals surface area contributed by atoms with Crippen LogP contribution in [-0.2, 0) is 0 Å². The number of hydrogen-bond acceptors (Lipinski definition) is 5. The van der Waals surface area contributed by atoms with Gasteiger partial charge in [0.1, 0.15) is 0 Å². The van der Waals surface area contributed by atoms with E-state index in [1.807, 2.05) is 0 Å². The number of rotatable bonds is 8. The van der Waals surface area contributed by atoms with Crippen LogP contribution in [0.15, 0.2) is 0 Å². The van der Waals surface area contributed by atoms with Crippen LogP contribution in [0.5, 0.6) is 0 Å². The lowest BCUT2D eigenvalue weighted by Gasteiger charge is -2.11. The molecular formula is C7H18I2N2O3. The number of aliphatic hydroxyl groups is 3. The zero-order valence-electron chi connectivity index (χ0n) is 7.92. The standard InChI is InChI=1S/C7H18N2O3.I2/c10-3-1-8-5-7(12)6-9-2-4-11;1-2/h7-12H,1-6H2;. The Morgan fingerprint density at radius 3 is 1.57 bits per heavy atom. The van der Waals surface area contributed by atoms with Crippen molar-refractivity contribution in [2.75, 3.05) is 39.4 Å². The Kier molecular flexibility index (Phi) is 21.0. The molecule has 0 heterocycles. The van der Waals surface area contributed by atoms with Crippen LogP contribution in [0, 0.1) is 0 Å². The van der Waals surface area contributed by atoms with Gasteiger partial charge in [0, 0.05) is 63.4 Å². The maximum absolute atomic E-state index is 9.21. The molecule has 0 saturated heterocycles. The Bertz CT molecular complexity index is 91.0. The maximum Gasteiger partial charge on any atom is 0.0788 e. The summed E-state index contributed by atoms with van der Waals surface area (Å²) in [6.45, 7) is 2.07. The Morgan fingerprint density at radius 2 is 1.29 bits per heavy atom. The summed E-state index contributed by atoms with van der Waals surface area (Å²) in [5.74, 6) is 0. The molecule has 0 aliphatic carbocycles. The fraction of sp³-hybridized carbons (Fsp3) is 1.00. The summed E-state index contributed by atoms with van der Waals surface area (Å²) < 4.78 is 0. The molecule has 88 valence electrons. The summed E-state index contributed by atoms with van der Waals surface area (Å²) in [7, 11) is 0. The molecule has 0 aliphatic rings. The quantitative estimate of drug-likeness (QED) is 0.259. The summed E-state index contributed by atoms with van der Waals surface area (Å²) >= 11 is 4.24. The summed E-state index contributed by atoms with van der Waals surface area (Å²) in [6, 6.07) is 0. The molecule has 5 nitrogen and oxygen atoms in total. The van der Waals surface area contributed by atoms with Gasteiger partial charge >= 0.3 is 0 Å². The molecule has 5 N–H and O–H groups in total. The van der Waals surface area contributed by atoms with E-state index in [0.29, 0.717) is 26.2 Å². The number of nitrogens with one attached hydrogen (secondary N) is 2. The second-order valence-corrected chi connectivity index (χ2v) is 2.51. The molecular weight excluding hydrogens is 414 g/mol. The molecule has 0 rings (SSSR count). The lowest BCUT2D eigenvalue weighted by Crippen LogP contribution is -2.37. The zero-order chi connectivity index (χ0) is 11.2. The fourth-order valence-corrected chi connectivity index (χ4v) is 0.768. The summed E-state index contributed by atoms with van der Waals surface area (Å²) in [4.78, 5) is 0. The lowest BCUT2D eigenvalue weighted by molar-refractivity contribution is 0.162. The Labute approximate surface area is 108 Å². The van der Waals surface area contributed by atoms with Crippen LogP contribution in [0.2, 0.25) is 0 Å². The van der Waals surface area contributed by atoms with Crippen LogP contribution in [-0.4, -0.2) is 60.8 Å². The van der Waals surface area contributed by atoms with E-state index in [0.717, 1.165) is 0 Å². The van der Waals surface area contributed by atoms with Crippen molar-refractivity contribution in [1.82, 2.24) is 10.6 Å². The maximum atomic E-state index is 9.21. The first-order chi connectivity index (χ1) is 6.81.